The summed E-state index contributed by atoms with van der Waals surface area (Å²) in [5.74, 6) is 0. The molecule has 5 nitrogen and oxygen atoms in total. The fourth-order valence-corrected chi connectivity index (χ4v) is 2.13. The lowest BCUT2D eigenvalue weighted by atomic mass is 10.1. The van der Waals surface area contributed by atoms with E-state index in [4.69, 9.17) is 5.73 Å². The topological polar surface area (TPSA) is 59.1 Å². The Labute approximate surface area is 96.6 Å². The van der Waals surface area contributed by atoms with Crippen LogP contribution in [0.25, 0.3) is 0 Å². The molecule has 0 saturated carbocycles. The molecule has 1 aromatic heterocycles. The lowest BCUT2D eigenvalue weighted by Gasteiger charge is -2.30. The van der Waals surface area contributed by atoms with Crippen molar-refractivity contribution in [3.63, 3.8) is 0 Å². The van der Waals surface area contributed by atoms with Gasteiger partial charge >= 0.3 is 0 Å². The molecule has 0 aliphatic carbocycles. The third-order valence-electron chi connectivity index (χ3n) is 3.06. The second-order valence-electron chi connectivity index (χ2n) is 4.41. The first-order valence-corrected chi connectivity index (χ1v) is 5.99. The maximum atomic E-state index is 5.81. The van der Waals surface area contributed by atoms with Crippen LogP contribution in [0.1, 0.15) is 30.9 Å². The number of aryl methyl sites for hydroxylation is 1. The maximum absolute atomic E-state index is 5.81. The van der Waals surface area contributed by atoms with E-state index in [1.165, 1.54) is 19.3 Å². The van der Waals surface area contributed by atoms with E-state index in [2.05, 4.69) is 15.5 Å². The molecule has 16 heavy (non-hydrogen) atoms. The van der Waals surface area contributed by atoms with Crippen molar-refractivity contribution >= 4 is 0 Å². The fraction of sp³-hybridized carbons (Fsp3) is 0.727. The van der Waals surface area contributed by atoms with Crippen LogP contribution >= 0.6 is 0 Å². The van der Waals surface area contributed by atoms with Crippen molar-refractivity contribution in [3.05, 3.63) is 18.0 Å². The number of hydrogen-bond acceptors (Lipinski definition) is 4. The monoisotopic (exact) mass is 223 g/mol. The Balaban J connectivity index is 1.94. The van der Waals surface area contributed by atoms with Crippen LogP contribution in [0.2, 0.25) is 0 Å². The molecular weight excluding hydrogens is 202 g/mol. The Bertz CT molecular complexity index is 316. The van der Waals surface area contributed by atoms with Crippen LogP contribution in [0.5, 0.6) is 0 Å². The minimum Gasteiger partial charge on any atom is -0.329 e. The van der Waals surface area contributed by atoms with Gasteiger partial charge in [-0.1, -0.05) is 6.42 Å². The maximum Gasteiger partial charge on any atom is 0.0617 e. The normalized spacial score (nSPS) is 19.9. The Morgan fingerprint density at radius 3 is 2.75 bits per heavy atom. The van der Waals surface area contributed by atoms with E-state index in [-0.39, 0.29) is 6.04 Å². The molecule has 0 bridgehead atoms. The number of aromatic nitrogens is 2. The van der Waals surface area contributed by atoms with Crippen LogP contribution in [-0.2, 0) is 7.05 Å². The summed E-state index contributed by atoms with van der Waals surface area (Å²) in [5, 5.41) is 6.47. The number of hydrogen-bond donors (Lipinski definition) is 2. The van der Waals surface area contributed by atoms with E-state index in [0.29, 0.717) is 6.54 Å². The molecule has 0 amide bonds. The highest BCUT2D eigenvalue weighted by atomic mass is 15.5. The van der Waals surface area contributed by atoms with Gasteiger partial charge in [0.15, 0.2) is 0 Å². The van der Waals surface area contributed by atoms with Crippen molar-refractivity contribution in [2.75, 3.05) is 19.6 Å². The standard InChI is InChI=1S/C11H21N5/c1-15-9-10(8-13-15)11(7-12)14-16-5-3-2-4-6-16/h8-9,11,14H,2-7,12H2,1H3. The van der Waals surface area contributed by atoms with E-state index < -0.39 is 0 Å². The first-order valence-electron chi connectivity index (χ1n) is 5.99. The van der Waals surface area contributed by atoms with Crippen LogP contribution in [0.4, 0.5) is 0 Å². The van der Waals surface area contributed by atoms with Crippen LogP contribution in [-0.4, -0.2) is 34.4 Å². The molecule has 1 fully saturated rings. The molecule has 1 aliphatic rings. The second kappa shape index (κ2) is 5.43. The summed E-state index contributed by atoms with van der Waals surface area (Å²) < 4.78 is 1.82. The molecule has 3 N–H and O–H groups in total. The quantitative estimate of drug-likeness (QED) is 0.776. The number of nitrogens with zero attached hydrogens (tertiary/aromatic N) is 3. The fourth-order valence-electron chi connectivity index (χ4n) is 2.13. The average molecular weight is 223 g/mol. The summed E-state index contributed by atoms with van der Waals surface area (Å²) in [6.45, 7) is 2.84. The number of hydrazine groups is 1. The number of nitrogens with two attached hydrogens (primary N) is 1. The number of rotatable bonds is 4. The van der Waals surface area contributed by atoms with Crippen molar-refractivity contribution in [3.8, 4) is 0 Å². The van der Waals surface area contributed by atoms with E-state index in [1.807, 2.05) is 24.1 Å². The molecule has 0 radical (unpaired) electrons. The third-order valence-corrected chi connectivity index (χ3v) is 3.06. The molecule has 1 aromatic rings. The Morgan fingerprint density at radius 2 is 2.19 bits per heavy atom. The van der Waals surface area contributed by atoms with Gasteiger partial charge in [0, 0.05) is 38.4 Å². The minimum absolute atomic E-state index is 0.187. The van der Waals surface area contributed by atoms with Gasteiger partial charge in [-0.05, 0) is 12.8 Å². The van der Waals surface area contributed by atoms with Gasteiger partial charge in [0.2, 0.25) is 0 Å². The summed E-state index contributed by atoms with van der Waals surface area (Å²) in [4.78, 5) is 0. The van der Waals surface area contributed by atoms with Crippen molar-refractivity contribution in [1.29, 1.82) is 0 Å². The number of piperidine rings is 1. The Kier molecular flexibility index (Phi) is 3.93. The van der Waals surface area contributed by atoms with Gasteiger partial charge in [0.05, 0.1) is 12.2 Å². The highest BCUT2D eigenvalue weighted by Crippen LogP contribution is 2.13. The lowest BCUT2D eigenvalue weighted by molar-refractivity contribution is 0.130. The molecule has 1 unspecified atom stereocenters. The molecule has 1 saturated heterocycles. The van der Waals surface area contributed by atoms with Gasteiger partial charge in [-0.3, -0.25) is 4.68 Å². The zero-order valence-corrected chi connectivity index (χ0v) is 9.89. The van der Waals surface area contributed by atoms with Gasteiger partial charge in [-0.15, -0.1) is 0 Å². The molecule has 2 heterocycles. The van der Waals surface area contributed by atoms with Crippen LogP contribution in [0.3, 0.4) is 0 Å². The highest BCUT2D eigenvalue weighted by molar-refractivity contribution is 5.10. The molecule has 1 aliphatic heterocycles. The Hall–Kier alpha value is -0.910. The predicted octanol–water partition coefficient (Wildman–Crippen LogP) is 0.410. The summed E-state index contributed by atoms with van der Waals surface area (Å²) in [6, 6.07) is 0.187. The first kappa shape index (κ1) is 11.6. The predicted molar refractivity (Wildman–Crippen MR) is 63.6 cm³/mol. The van der Waals surface area contributed by atoms with Gasteiger partial charge in [-0.2, -0.15) is 5.10 Å². The van der Waals surface area contributed by atoms with Gasteiger partial charge < -0.3 is 5.73 Å². The van der Waals surface area contributed by atoms with E-state index in [9.17, 15) is 0 Å². The SMILES string of the molecule is Cn1cc(C(CN)NN2CCCCC2)cn1. The lowest BCUT2D eigenvalue weighted by Crippen LogP contribution is -2.45. The summed E-state index contributed by atoms with van der Waals surface area (Å²) >= 11 is 0. The summed E-state index contributed by atoms with van der Waals surface area (Å²) in [6.07, 6.45) is 7.80. The molecule has 0 aromatic carbocycles. The zero-order valence-electron chi connectivity index (χ0n) is 9.89. The van der Waals surface area contributed by atoms with Crippen molar-refractivity contribution in [2.24, 2.45) is 12.8 Å². The molecule has 1 atom stereocenters. The van der Waals surface area contributed by atoms with Gasteiger partial charge in [0.1, 0.15) is 0 Å². The zero-order chi connectivity index (χ0) is 11.4. The number of nitrogens with one attached hydrogen (secondary N) is 1. The van der Waals surface area contributed by atoms with Crippen LogP contribution < -0.4 is 11.2 Å². The van der Waals surface area contributed by atoms with Crippen molar-refractivity contribution < 1.29 is 0 Å². The molecular formula is C11H21N5. The minimum atomic E-state index is 0.187. The third kappa shape index (κ3) is 2.81. The van der Waals surface area contributed by atoms with E-state index >= 15 is 0 Å². The van der Waals surface area contributed by atoms with E-state index in [0.717, 1.165) is 18.7 Å². The van der Waals surface area contributed by atoms with Crippen molar-refractivity contribution in [2.45, 2.75) is 25.3 Å². The van der Waals surface area contributed by atoms with Crippen LogP contribution in [0.15, 0.2) is 12.4 Å². The summed E-state index contributed by atoms with van der Waals surface area (Å²) in [7, 11) is 1.93. The molecule has 5 heteroatoms. The molecule has 0 spiro atoms. The highest BCUT2D eigenvalue weighted by Gasteiger charge is 2.16. The second-order valence-corrected chi connectivity index (χ2v) is 4.41. The molecule has 90 valence electrons. The average Bonchev–Trinajstić information content (AvgIpc) is 2.74. The van der Waals surface area contributed by atoms with Crippen molar-refractivity contribution in [1.82, 2.24) is 20.2 Å². The van der Waals surface area contributed by atoms with Crippen LogP contribution in [0, 0.1) is 0 Å². The smallest absolute Gasteiger partial charge is 0.0617 e. The van der Waals surface area contributed by atoms with Gasteiger partial charge in [-0.25, -0.2) is 10.4 Å². The van der Waals surface area contributed by atoms with Gasteiger partial charge in [0.25, 0.3) is 0 Å². The summed E-state index contributed by atoms with van der Waals surface area (Å²) in [5.41, 5.74) is 10.5. The first-order chi connectivity index (χ1) is 7.79. The Morgan fingerprint density at radius 1 is 1.44 bits per heavy atom. The molecule has 2 rings (SSSR count). The van der Waals surface area contributed by atoms with E-state index in [1.54, 1.807) is 0 Å². The largest absolute Gasteiger partial charge is 0.329 e.